The average molecular weight is 321 g/mol. The van der Waals surface area contributed by atoms with Gasteiger partial charge in [-0.3, -0.25) is 0 Å². The number of hydrogen-bond acceptors (Lipinski definition) is 4. The predicted octanol–water partition coefficient (Wildman–Crippen LogP) is 3.60. The first-order valence-electron chi connectivity index (χ1n) is 7.78. The van der Waals surface area contributed by atoms with E-state index in [4.69, 9.17) is 9.47 Å². The van der Waals surface area contributed by atoms with Gasteiger partial charge in [-0.2, -0.15) is 0 Å². The van der Waals surface area contributed by atoms with E-state index in [1.54, 1.807) is 19.1 Å². The van der Waals surface area contributed by atoms with Crippen LogP contribution in [-0.4, -0.2) is 23.5 Å². The van der Waals surface area contributed by atoms with Crippen LogP contribution in [0.15, 0.2) is 48.5 Å². The van der Waals surface area contributed by atoms with Crippen molar-refractivity contribution in [2.45, 2.75) is 13.0 Å². The van der Waals surface area contributed by atoms with Gasteiger partial charge in [0.2, 0.25) is 0 Å². The van der Waals surface area contributed by atoms with Gasteiger partial charge >= 0.3 is 11.9 Å². The molecule has 1 aliphatic heterocycles. The van der Waals surface area contributed by atoms with E-state index in [0.717, 1.165) is 16.5 Å². The van der Waals surface area contributed by atoms with Crippen molar-refractivity contribution in [2.75, 3.05) is 6.61 Å². The van der Waals surface area contributed by atoms with Crippen molar-refractivity contribution in [1.82, 2.24) is 4.98 Å². The van der Waals surface area contributed by atoms with E-state index in [2.05, 4.69) is 4.98 Å². The van der Waals surface area contributed by atoms with Crippen LogP contribution in [0.1, 0.15) is 45.0 Å². The second-order valence-corrected chi connectivity index (χ2v) is 5.55. The summed E-state index contributed by atoms with van der Waals surface area (Å²) in [5.41, 5.74) is 3.06. The number of esters is 2. The number of aromatic nitrogens is 1. The van der Waals surface area contributed by atoms with Crippen LogP contribution >= 0.6 is 0 Å². The highest BCUT2D eigenvalue weighted by Crippen LogP contribution is 2.40. The maximum absolute atomic E-state index is 12.4. The largest absolute Gasteiger partial charge is 0.461 e. The summed E-state index contributed by atoms with van der Waals surface area (Å²) in [6, 6.07) is 14.8. The number of carbonyl (C=O) groups excluding carboxylic acids is 2. The number of benzene rings is 2. The van der Waals surface area contributed by atoms with Crippen LogP contribution in [-0.2, 0) is 9.47 Å². The molecule has 0 fully saturated rings. The number of ether oxygens (including phenoxy) is 2. The number of nitrogens with one attached hydrogen (secondary N) is 1. The Balaban J connectivity index is 1.95. The summed E-state index contributed by atoms with van der Waals surface area (Å²) in [4.78, 5) is 27.7. The SMILES string of the molecule is CCOC(=O)c1[nH]c2ccccc2c1[C@@H]1OC(=O)c2ccccc21. The molecule has 1 N–H and O–H groups in total. The number of para-hydroxylation sites is 1. The smallest absolute Gasteiger partial charge is 0.355 e. The lowest BCUT2D eigenvalue weighted by Crippen LogP contribution is -2.11. The first kappa shape index (κ1) is 14.5. The second-order valence-electron chi connectivity index (χ2n) is 5.55. The molecule has 120 valence electrons. The molecule has 0 amide bonds. The quantitative estimate of drug-likeness (QED) is 0.748. The van der Waals surface area contributed by atoms with E-state index in [1.807, 2.05) is 36.4 Å². The molecule has 3 aromatic rings. The molecule has 0 unspecified atom stereocenters. The highest BCUT2D eigenvalue weighted by molar-refractivity contribution is 6.01. The molecular formula is C19H15NO4. The lowest BCUT2D eigenvalue weighted by atomic mass is 9.97. The lowest BCUT2D eigenvalue weighted by Gasteiger charge is -2.12. The molecule has 0 aliphatic carbocycles. The molecule has 2 heterocycles. The van der Waals surface area contributed by atoms with Crippen molar-refractivity contribution in [3.63, 3.8) is 0 Å². The van der Waals surface area contributed by atoms with Gasteiger partial charge in [-0.1, -0.05) is 36.4 Å². The van der Waals surface area contributed by atoms with Gasteiger partial charge in [-0.15, -0.1) is 0 Å². The van der Waals surface area contributed by atoms with E-state index < -0.39 is 12.1 Å². The first-order chi connectivity index (χ1) is 11.7. The Kier molecular flexibility index (Phi) is 3.34. The number of fused-ring (bicyclic) bond motifs is 2. The monoisotopic (exact) mass is 321 g/mol. The summed E-state index contributed by atoms with van der Waals surface area (Å²) in [6.45, 7) is 2.03. The van der Waals surface area contributed by atoms with E-state index in [-0.39, 0.29) is 12.6 Å². The molecule has 1 aliphatic rings. The maximum atomic E-state index is 12.4. The van der Waals surface area contributed by atoms with Crippen molar-refractivity contribution in [2.24, 2.45) is 0 Å². The summed E-state index contributed by atoms with van der Waals surface area (Å²) >= 11 is 0. The van der Waals surface area contributed by atoms with Gasteiger partial charge in [-0.05, 0) is 19.1 Å². The van der Waals surface area contributed by atoms with Crippen molar-refractivity contribution in [1.29, 1.82) is 0 Å². The molecule has 2 aromatic carbocycles. The summed E-state index contributed by atoms with van der Waals surface area (Å²) in [5, 5.41) is 0.843. The Hall–Kier alpha value is -3.08. The standard InChI is InChI=1S/C19H15NO4/c1-2-23-19(22)16-15(13-9-5-6-10-14(13)20-16)17-11-7-3-4-8-12(11)18(21)24-17/h3-10,17,20H,2H2,1H3/t17-/m1/s1. The van der Waals surface area contributed by atoms with Crippen LogP contribution in [0.2, 0.25) is 0 Å². The highest BCUT2D eigenvalue weighted by Gasteiger charge is 2.36. The van der Waals surface area contributed by atoms with Gasteiger partial charge in [0.05, 0.1) is 12.2 Å². The minimum atomic E-state index is -0.621. The number of hydrogen-bond donors (Lipinski definition) is 1. The van der Waals surface area contributed by atoms with Crippen LogP contribution in [0.5, 0.6) is 0 Å². The van der Waals surface area contributed by atoms with Gasteiger partial charge in [-0.25, -0.2) is 9.59 Å². The normalized spacial score (nSPS) is 16.0. The molecule has 4 rings (SSSR count). The predicted molar refractivity (Wildman–Crippen MR) is 88.0 cm³/mol. The van der Waals surface area contributed by atoms with Crippen LogP contribution < -0.4 is 0 Å². The molecule has 1 aromatic heterocycles. The summed E-state index contributed by atoms with van der Waals surface area (Å²) in [6.07, 6.45) is -0.621. The van der Waals surface area contributed by atoms with Crippen molar-refractivity contribution in [3.05, 3.63) is 70.9 Å². The maximum Gasteiger partial charge on any atom is 0.355 e. The zero-order chi connectivity index (χ0) is 16.7. The summed E-state index contributed by atoms with van der Waals surface area (Å²) < 4.78 is 10.7. The highest BCUT2D eigenvalue weighted by atomic mass is 16.6. The fourth-order valence-corrected chi connectivity index (χ4v) is 3.16. The van der Waals surface area contributed by atoms with Crippen LogP contribution in [0.25, 0.3) is 10.9 Å². The van der Waals surface area contributed by atoms with Crippen LogP contribution in [0.4, 0.5) is 0 Å². The molecule has 1 atom stereocenters. The molecular weight excluding hydrogens is 306 g/mol. The van der Waals surface area contributed by atoms with Gasteiger partial charge in [0.15, 0.2) is 6.10 Å². The van der Waals surface area contributed by atoms with E-state index in [9.17, 15) is 9.59 Å². The van der Waals surface area contributed by atoms with Crippen LogP contribution in [0, 0.1) is 0 Å². The molecule has 0 saturated carbocycles. The minimum absolute atomic E-state index is 0.272. The van der Waals surface area contributed by atoms with Crippen molar-refractivity contribution < 1.29 is 19.1 Å². The van der Waals surface area contributed by atoms with E-state index in [0.29, 0.717) is 16.8 Å². The first-order valence-corrected chi connectivity index (χ1v) is 7.78. The third-order valence-electron chi connectivity index (χ3n) is 4.18. The van der Waals surface area contributed by atoms with Gasteiger partial charge in [0.1, 0.15) is 5.69 Å². The van der Waals surface area contributed by atoms with Crippen molar-refractivity contribution in [3.8, 4) is 0 Å². The molecule has 0 bridgehead atoms. The number of aromatic amines is 1. The Bertz CT molecular complexity index is 957. The van der Waals surface area contributed by atoms with Gasteiger partial charge in [0.25, 0.3) is 0 Å². The Morgan fingerprint density at radius 3 is 2.75 bits per heavy atom. The third-order valence-corrected chi connectivity index (χ3v) is 4.18. The summed E-state index contributed by atoms with van der Waals surface area (Å²) in [7, 11) is 0. The number of carbonyl (C=O) groups is 2. The fourth-order valence-electron chi connectivity index (χ4n) is 3.16. The van der Waals surface area contributed by atoms with Crippen molar-refractivity contribution >= 4 is 22.8 Å². The molecule has 5 heteroatoms. The number of H-pyrrole nitrogens is 1. The topological polar surface area (TPSA) is 68.4 Å². The minimum Gasteiger partial charge on any atom is -0.461 e. The molecule has 0 spiro atoms. The zero-order valence-corrected chi connectivity index (χ0v) is 13.0. The van der Waals surface area contributed by atoms with E-state index >= 15 is 0 Å². The lowest BCUT2D eigenvalue weighted by molar-refractivity contribution is 0.0433. The van der Waals surface area contributed by atoms with E-state index in [1.165, 1.54) is 0 Å². The van der Waals surface area contributed by atoms with Gasteiger partial charge in [0, 0.05) is 22.0 Å². The molecule has 5 nitrogen and oxygen atoms in total. The average Bonchev–Trinajstić information content (AvgIpc) is 3.14. The van der Waals surface area contributed by atoms with Gasteiger partial charge < -0.3 is 14.5 Å². The molecule has 0 radical (unpaired) electrons. The number of rotatable bonds is 3. The summed E-state index contributed by atoms with van der Waals surface area (Å²) in [5.74, 6) is -0.833. The zero-order valence-electron chi connectivity index (χ0n) is 13.0. The third kappa shape index (κ3) is 2.09. The molecule has 24 heavy (non-hydrogen) atoms. The Morgan fingerprint density at radius 2 is 1.92 bits per heavy atom. The van der Waals surface area contributed by atoms with Crippen LogP contribution in [0.3, 0.4) is 0 Å². The molecule has 0 saturated heterocycles. The fraction of sp³-hybridized carbons (Fsp3) is 0.158. The Morgan fingerprint density at radius 1 is 1.17 bits per heavy atom. The Labute approximate surface area is 138 Å². The number of cyclic esters (lactones) is 1. The second kappa shape index (κ2) is 5.53.